The highest BCUT2D eigenvalue weighted by Gasteiger charge is 2.29. The summed E-state index contributed by atoms with van der Waals surface area (Å²) in [5.74, 6) is 2.82. The molecule has 9 nitrogen and oxygen atoms in total. The predicted octanol–water partition coefficient (Wildman–Crippen LogP) is 1.94. The molecule has 6 N–H and O–H groups in total. The standard InChI is InChI=1S/C17H21N9.2ClH/c18-12-6-11(7-12)13-8-15(24-17(19)22-13)21-5-3-14-23-16(26-25-14)10-2-1-4-20-9-10;;/h1-2,4,8-9,11-12H,3,5-7,18H2,(H,23,25,26)(H3,19,21,22,24);2*1H. The first-order chi connectivity index (χ1) is 12.7. The molecular weight excluding hydrogens is 401 g/mol. The van der Waals surface area contributed by atoms with E-state index in [0.717, 1.165) is 35.7 Å². The van der Waals surface area contributed by atoms with Gasteiger partial charge in [0.2, 0.25) is 5.95 Å². The molecule has 0 aromatic carbocycles. The van der Waals surface area contributed by atoms with E-state index in [-0.39, 0.29) is 36.8 Å². The lowest BCUT2D eigenvalue weighted by Crippen LogP contribution is -2.35. The Bertz CT molecular complexity index is 881. The Balaban J connectivity index is 0.00000140. The minimum Gasteiger partial charge on any atom is -0.369 e. The van der Waals surface area contributed by atoms with E-state index in [1.165, 1.54) is 0 Å². The average Bonchev–Trinajstić information content (AvgIpc) is 3.08. The first kappa shape index (κ1) is 21.8. The third-order valence-electron chi connectivity index (χ3n) is 4.48. The van der Waals surface area contributed by atoms with Crippen LogP contribution in [0.2, 0.25) is 0 Å². The van der Waals surface area contributed by atoms with Crippen molar-refractivity contribution in [2.24, 2.45) is 5.73 Å². The zero-order chi connectivity index (χ0) is 17.9. The van der Waals surface area contributed by atoms with Crippen LogP contribution in [0.3, 0.4) is 0 Å². The van der Waals surface area contributed by atoms with E-state index >= 15 is 0 Å². The molecule has 4 rings (SSSR count). The van der Waals surface area contributed by atoms with E-state index in [9.17, 15) is 0 Å². The number of halogens is 2. The molecule has 1 aliphatic rings. The molecule has 3 heterocycles. The number of nitrogens with two attached hydrogens (primary N) is 2. The molecule has 1 saturated carbocycles. The van der Waals surface area contributed by atoms with Crippen LogP contribution in [0.1, 0.15) is 30.3 Å². The molecule has 0 aliphatic heterocycles. The number of aromatic nitrogens is 6. The van der Waals surface area contributed by atoms with Crippen molar-refractivity contribution in [3.8, 4) is 11.4 Å². The molecule has 0 bridgehead atoms. The normalized spacial score (nSPS) is 17.8. The summed E-state index contributed by atoms with van der Waals surface area (Å²) >= 11 is 0. The Morgan fingerprint density at radius 2 is 2.00 bits per heavy atom. The number of aromatic amines is 1. The largest absolute Gasteiger partial charge is 0.369 e. The van der Waals surface area contributed by atoms with Gasteiger partial charge in [0, 0.05) is 48.9 Å². The van der Waals surface area contributed by atoms with E-state index < -0.39 is 0 Å². The molecule has 1 aliphatic carbocycles. The number of pyridine rings is 1. The van der Waals surface area contributed by atoms with Crippen LogP contribution in [0.5, 0.6) is 0 Å². The monoisotopic (exact) mass is 423 g/mol. The summed E-state index contributed by atoms with van der Waals surface area (Å²) in [6, 6.07) is 6.01. The van der Waals surface area contributed by atoms with Gasteiger partial charge in [-0.15, -0.1) is 24.8 Å². The minimum atomic E-state index is 0. The molecule has 0 unspecified atom stereocenters. The Kier molecular flexibility index (Phi) is 7.50. The van der Waals surface area contributed by atoms with Crippen molar-refractivity contribution in [1.82, 2.24) is 30.1 Å². The first-order valence-electron chi connectivity index (χ1n) is 8.63. The summed E-state index contributed by atoms with van der Waals surface area (Å²) in [7, 11) is 0. The van der Waals surface area contributed by atoms with Crippen LogP contribution >= 0.6 is 24.8 Å². The first-order valence-corrected chi connectivity index (χ1v) is 8.63. The molecule has 0 saturated heterocycles. The maximum atomic E-state index is 5.86. The van der Waals surface area contributed by atoms with Crippen LogP contribution < -0.4 is 16.8 Å². The van der Waals surface area contributed by atoms with Gasteiger partial charge in [-0.3, -0.25) is 10.1 Å². The van der Waals surface area contributed by atoms with Crippen molar-refractivity contribution >= 4 is 36.6 Å². The summed E-state index contributed by atoms with van der Waals surface area (Å²) < 4.78 is 0. The van der Waals surface area contributed by atoms with E-state index in [4.69, 9.17) is 11.5 Å². The zero-order valence-electron chi connectivity index (χ0n) is 15.1. The molecule has 0 atom stereocenters. The second kappa shape index (κ2) is 9.63. The SMILES string of the molecule is Cl.Cl.Nc1nc(NCCc2nc(-c3cccnc3)n[nH]2)cc(C2CC(N)C2)n1. The van der Waals surface area contributed by atoms with Crippen molar-refractivity contribution in [2.45, 2.75) is 31.2 Å². The Morgan fingerprint density at radius 1 is 1.18 bits per heavy atom. The van der Waals surface area contributed by atoms with E-state index in [1.807, 2.05) is 18.2 Å². The van der Waals surface area contributed by atoms with Crippen molar-refractivity contribution in [3.05, 3.63) is 42.1 Å². The summed E-state index contributed by atoms with van der Waals surface area (Å²) in [5, 5.41) is 10.5. The highest BCUT2D eigenvalue weighted by atomic mass is 35.5. The number of hydrogen-bond acceptors (Lipinski definition) is 8. The van der Waals surface area contributed by atoms with Crippen LogP contribution in [-0.2, 0) is 6.42 Å². The third kappa shape index (κ3) is 5.06. The molecule has 1 fully saturated rings. The molecule has 3 aromatic rings. The molecule has 0 radical (unpaired) electrons. The Hall–Kier alpha value is -2.49. The lowest BCUT2D eigenvalue weighted by atomic mass is 9.78. The fourth-order valence-electron chi connectivity index (χ4n) is 3.03. The van der Waals surface area contributed by atoms with Gasteiger partial charge >= 0.3 is 0 Å². The Morgan fingerprint density at radius 3 is 2.71 bits per heavy atom. The maximum absolute atomic E-state index is 5.86. The molecule has 0 amide bonds. The van der Waals surface area contributed by atoms with E-state index in [2.05, 4.69) is 35.5 Å². The van der Waals surface area contributed by atoms with Crippen molar-refractivity contribution in [1.29, 1.82) is 0 Å². The topological polar surface area (TPSA) is 144 Å². The van der Waals surface area contributed by atoms with Crippen LogP contribution in [0, 0.1) is 0 Å². The molecule has 0 spiro atoms. The number of H-pyrrole nitrogens is 1. The lowest BCUT2D eigenvalue weighted by Gasteiger charge is -2.32. The highest BCUT2D eigenvalue weighted by molar-refractivity contribution is 5.85. The van der Waals surface area contributed by atoms with Gasteiger partial charge in [0.15, 0.2) is 5.82 Å². The van der Waals surface area contributed by atoms with E-state index in [0.29, 0.717) is 24.7 Å². The van der Waals surface area contributed by atoms with Gasteiger partial charge in [-0.25, -0.2) is 9.97 Å². The molecule has 150 valence electrons. The molecule has 3 aromatic heterocycles. The van der Waals surface area contributed by atoms with Crippen molar-refractivity contribution < 1.29 is 0 Å². The fraction of sp³-hybridized carbons (Fsp3) is 0.353. The molecular formula is C17H23Cl2N9. The van der Waals surface area contributed by atoms with Crippen LogP contribution in [0.25, 0.3) is 11.4 Å². The summed E-state index contributed by atoms with van der Waals surface area (Å²) in [5.41, 5.74) is 13.5. The van der Waals surface area contributed by atoms with Gasteiger partial charge in [0.25, 0.3) is 0 Å². The van der Waals surface area contributed by atoms with Crippen molar-refractivity contribution in [3.63, 3.8) is 0 Å². The lowest BCUT2D eigenvalue weighted by molar-refractivity contribution is 0.345. The Labute approximate surface area is 175 Å². The van der Waals surface area contributed by atoms with Gasteiger partial charge in [-0.05, 0) is 25.0 Å². The number of rotatable bonds is 6. The summed E-state index contributed by atoms with van der Waals surface area (Å²) in [4.78, 5) is 17.1. The number of nitrogens with one attached hydrogen (secondary N) is 2. The fourth-order valence-corrected chi connectivity index (χ4v) is 3.03. The minimum absolute atomic E-state index is 0. The van der Waals surface area contributed by atoms with Gasteiger partial charge in [-0.1, -0.05) is 0 Å². The number of anilines is 2. The van der Waals surface area contributed by atoms with E-state index in [1.54, 1.807) is 12.4 Å². The smallest absolute Gasteiger partial charge is 0.222 e. The number of hydrogen-bond donors (Lipinski definition) is 4. The van der Waals surface area contributed by atoms with Gasteiger partial charge in [0.05, 0.1) is 5.69 Å². The molecule has 28 heavy (non-hydrogen) atoms. The number of nitrogen functional groups attached to an aromatic ring is 1. The maximum Gasteiger partial charge on any atom is 0.222 e. The summed E-state index contributed by atoms with van der Waals surface area (Å²) in [6.07, 6.45) is 6.04. The second-order valence-corrected chi connectivity index (χ2v) is 6.49. The van der Waals surface area contributed by atoms with Gasteiger partial charge < -0.3 is 16.8 Å². The average molecular weight is 424 g/mol. The van der Waals surface area contributed by atoms with Gasteiger partial charge in [0.1, 0.15) is 11.6 Å². The zero-order valence-corrected chi connectivity index (χ0v) is 16.7. The van der Waals surface area contributed by atoms with Crippen molar-refractivity contribution in [2.75, 3.05) is 17.6 Å². The second-order valence-electron chi connectivity index (χ2n) is 6.49. The number of nitrogens with zero attached hydrogens (tertiary/aromatic N) is 5. The quantitative estimate of drug-likeness (QED) is 0.470. The van der Waals surface area contributed by atoms with Crippen LogP contribution in [0.15, 0.2) is 30.6 Å². The summed E-state index contributed by atoms with van der Waals surface area (Å²) in [6.45, 7) is 0.655. The predicted molar refractivity (Wildman–Crippen MR) is 113 cm³/mol. The molecule has 11 heteroatoms. The van der Waals surface area contributed by atoms with Gasteiger partial charge in [-0.2, -0.15) is 10.1 Å². The highest BCUT2D eigenvalue weighted by Crippen LogP contribution is 2.35. The van der Waals surface area contributed by atoms with Crippen LogP contribution in [0.4, 0.5) is 11.8 Å². The third-order valence-corrected chi connectivity index (χ3v) is 4.48. The van der Waals surface area contributed by atoms with Crippen LogP contribution in [-0.4, -0.2) is 42.7 Å².